The van der Waals surface area contributed by atoms with Gasteiger partial charge in [0.2, 0.25) is 0 Å². The van der Waals surface area contributed by atoms with Crippen LogP contribution >= 0.6 is 0 Å². The molecule has 1 aromatic carbocycles. The number of rotatable bonds is 6. The monoisotopic (exact) mass is 366 g/mol. The average Bonchev–Trinajstić information content (AvgIpc) is 2.41. The lowest BCUT2D eigenvalue weighted by Gasteiger charge is -2.06. The van der Waals surface area contributed by atoms with Crippen LogP contribution in [-0.2, 0) is 26.1 Å². The van der Waals surface area contributed by atoms with Crippen molar-refractivity contribution < 1.29 is 43.0 Å². The molecule has 0 saturated carbocycles. The molecule has 136 valence electrons. The number of aliphatic carboxylic acids is 2. The van der Waals surface area contributed by atoms with E-state index in [-0.39, 0.29) is 17.9 Å². The summed E-state index contributed by atoms with van der Waals surface area (Å²) in [5.41, 5.74) is 10.6. The maximum atomic E-state index is 10.4. The molecule has 2 unspecified atom stereocenters. The highest BCUT2D eigenvalue weighted by molar-refractivity contribution is 7.85. The first-order valence-corrected chi connectivity index (χ1v) is 7.87. The Bertz CT molecular complexity index is 690. The van der Waals surface area contributed by atoms with Crippen LogP contribution in [0.5, 0.6) is 11.5 Å². The molecule has 0 radical (unpaired) electrons. The number of carboxylic acid groups (broad SMARTS) is 2. The highest BCUT2D eigenvalue weighted by Gasteiger charge is 2.18. The molecule has 0 aliphatic heterocycles. The number of benzene rings is 1. The first-order valence-electron chi connectivity index (χ1n) is 6.26. The fraction of sp³-hybridized carbons (Fsp3) is 0.333. The van der Waals surface area contributed by atoms with Crippen molar-refractivity contribution in [3.05, 3.63) is 23.8 Å². The predicted molar refractivity (Wildman–Crippen MR) is 81.1 cm³/mol. The fourth-order valence-electron chi connectivity index (χ4n) is 1.34. The Morgan fingerprint density at radius 1 is 1.00 bits per heavy atom. The molecule has 0 bridgehead atoms. The smallest absolute Gasteiger partial charge is 0.321 e. The van der Waals surface area contributed by atoms with Crippen molar-refractivity contribution in [3.8, 4) is 11.5 Å². The minimum atomic E-state index is -4.27. The largest absolute Gasteiger partial charge is 0.504 e. The molecule has 1 rings (SSSR count). The van der Waals surface area contributed by atoms with Crippen LogP contribution in [0.25, 0.3) is 0 Å². The summed E-state index contributed by atoms with van der Waals surface area (Å²) in [4.78, 5) is 20.3. The van der Waals surface area contributed by atoms with Crippen molar-refractivity contribution in [1.29, 1.82) is 0 Å². The second kappa shape index (κ2) is 9.02. The molecule has 11 nitrogen and oxygen atoms in total. The van der Waals surface area contributed by atoms with E-state index >= 15 is 0 Å². The predicted octanol–water partition coefficient (Wildman–Crippen LogP) is -1.66. The number of hydrogen-bond donors (Lipinski definition) is 7. The zero-order chi connectivity index (χ0) is 19.1. The molecule has 0 aliphatic rings. The molecule has 0 saturated heterocycles. The molecule has 0 amide bonds. The summed E-state index contributed by atoms with van der Waals surface area (Å²) in [5.74, 6) is -4.03. The second-order valence-corrected chi connectivity index (χ2v) is 6.16. The van der Waals surface area contributed by atoms with Gasteiger partial charge < -0.3 is 31.9 Å². The first-order chi connectivity index (χ1) is 10.8. The Balaban J connectivity index is 0.000000470. The van der Waals surface area contributed by atoms with Crippen molar-refractivity contribution in [2.75, 3.05) is 5.75 Å². The van der Waals surface area contributed by atoms with Gasteiger partial charge in [-0.25, -0.2) is 0 Å². The van der Waals surface area contributed by atoms with Crippen LogP contribution in [0.15, 0.2) is 18.2 Å². The van der Waals surface area contributed by atoms with Gasteiger partial charge in [-0.3, -0.25) is 14.1 Å². The molecule has 0 aliphatic carbocycles. The number of aromatic hydroxyl groups is 2. The van der Waals surface area contributed by atoms with Gasteiger partial charge in [-0.1, -0.05) is 6.07 Å². The number of carbonyl (C=O) groups is 2. The van der Waals surface area contributed by atoms with E-state index in [0.717, 1.165) is 0 Å². The summed E-state index contributed by atoms with van der Waals surface area (Å²) in [6.07, 6.45) is 0.114. The van der Waals surface area contributed by atoms with Crippen LogP contribution in [0.1, 0.15) is 5.56 Å². The summed E-state index contributed by atoms with van der Waals surface area (Å²) in [5, 5.41) is 34.7. The standard InChI is InChI=1S/C9H11NO4.C3H7NO5S/c10-6(9(13)14)3-5-1-2-7(11)8(12)4-5;4-2(3(5)6)1-10(7,8)9/h1-2,4,6,11-12H,3,10H2,(H,13,14);2H,1,4H2,(H,5,6)(H,7,8,9). The minimum absolute atomic E-state index is 0.114. The Hall–Kier alpha value is -2.41. The maximum Gasteiger partial charge on any atom is 0.321 e. The van der Waals surface area contributed by atoms with Crippen molar-refractivity contribution in [1.82, 2.24) is 0 Å². The highest BCUT2D eigenvalue weighted by Crippen LogP contribution is 2.25. The van der Waals surface area contributed by atoms with E-state index in [1.165, 1.54) is 18.2 Å². The highest BCUT2D eigenvalue weighted by atomic mass is 32.2. The third-order valence-electron chi connectivity index (χ3n) is 2.52. The number of carboxylic acids is 2. The van der Waals surface area contributed by atoms with Gasteiger partial charge in [-0.15, -0.1) is 0 Å². The molecular weight excluding hydrogens is 348 g/mol. The van der Waals surface area contributed by atoms with Gasteiger partial charge in [0.25, 0.3) is 10.1 Å². The lowest BCUT2D eigenvalue weighted by atomic mass is 10.1. The van der Waals surface area contributed by atoms with E-state index in [1.807, 2.05) is 0 Å². The molecule has 0 aromatic heterocycles. The molecule has 0 spiro atoms. The van der Waals surface area contributed by atoms with Crippen molar-refractivity contribution in [2.45, 2.75) is 18.5 Å². The zero-order valence-electron chi connectivity index (χ0n) is 12.2. The van der Waals surface area contributed by atoms with Crippen molar-refractivity contribution in [2.24, 2.45) is 11.5 Å². The topological polar surface area (TPSA) is 221 Å². The molecule has 2 atom stereocenters. The normalized spacial score (nSPS) is 13.3. The molecule has 0 heterocycles. The Kier molecular flexibility index (Phi) is 8.12. The number of phenolic OH excluding ortho intramolecular Hbond substituents is 2. The van der Waals surface area contributed by atoms with Gasteiger partial charge in [0, 0.05) is 0 Å². The van der Waals surface area contributed by atoms with E-state index in [0.29, 0.717) is 5.56 Å². The lowest BCUT2D eigenvalue weighted by Crippen LogP contribution is -2.36. The number of hydrogen-bond acceptors (Lipinski definition) is 8. The van der Waals surface area contributed by atoms with E-state index in [2.05, 4.69) is 0 Å². The van der Waals surface area contributed by atoms with Gasteiger partial charge in [0.15, 0.2) is 11.5 Å². The van der Waals surface area contributed by atoms with E-state index in [4.69, 9.17) is 36.4 Å². The Labute approximate surface area is 136 Å². The van der Waals surface area contributed by atoms with Crippen LogP contribution < -0.4 is 11.5 Å². The van der Waals surface area contributed by atoms with E-state index < -0.39 is 39.9 Å². The summed E-state index contributed by atoms with van der Waals surface area (Å²) in [7, 11) is -4.27. The summed E-state index contributed by atoms with van der Waals surface area (Å²) >= 11 is 0. The fourth-order valence-corrected chi connectivity index (χ4v) is 1.93. The van der Waals surface area contributed by atoms with Gasteiger partial charge >= 0.3 is 11.9 Å². The van der Waals surface area contributed by atoms with Crippen LogP contribution in [0.3, 0.4) is 0 Å². The maximum absolute atomic E-state index is 10.4. The quantitative estimate of drug-likeness (QED) is 0.223. The van der Waals surface area contributed by atoms with Gasteiger partial charge in [0.1, 0.15) is 17.8 Å². The summed E-state index contributed by atoms with van der Waals surface area (Å²) in [6, 6.07) is 1.53. The molecule has 24 heavy (non-hydrogen) atoms. The zero-order valence-corrected chi connectivity index (χ0v) is 13.0. The molecular formula is C12H18N2O9S. The lowest BCUT2D eigenvalue weighted by molar-refractivity contribution is -0.139. The molecule has 9 N–H and O–H groups in total. The average molecular weight is 366 g/mol. The third kappa shape index (κ3) is 8.89. The van der Waals surface area contributed by atoms with E-state index in [1.54, 1.807) is 0 Å². The van der Waals surface area contributed by atoms with E-state index in [9.17, 15) is 18.0 Å². The van der Waals surface area contributed by atoms with Crippen LogP contribution in [0, 0.1) is 0 Å². The van der Waals surface area contributed by atoms with Crippen LogP contribution in [0.4, 0.5) is 0 Å². The molecule has 1 aromatic rings. The number of nitrogens with two attached hydrogens (primary N) is 2. The SMILES string of the molecule is NC(CS(=O)(=O)O)C(=O)O.NC(Cc1ccc(O)c(O)c1)C(=O)O. The molecule has 12 heteroatoms. The molecule has 0 fully saturated rings. The van der Waals surface area contributed by atoms with Gasteiger partial charge in [-0.2, -0.15) is 8.42 Å². The summed E-state index contributed by atoms with van der Waals surface area (Å²) in [6.45, 7) is 0. The first kappa shape index (κ1) is 21.6. The third-order valence-corrected chi connectivity index (χ3v) is 3.30. The summed E-state index contributed by atoms with van der Waals surface area (Å²) < 4.78 is 28.0. The Morgan fingerprint density at radius 2 is 1.50 bits per heavy atom. The van der Waals surface area contributed by atoms with Crippen molar-refractivity contribution in [3.63, 3.8) is 0 Å². The van der Waals surface area contributed by atoms with Crippen LogP contribution in [0.2, 0.25) is 0 Å². The Morgan fingerprint density at radius 3 is 1.83 bits per heavy atom. The van der Waals surface area contributed by atoms with Gasteiger partial charge in [-0.05, 0) is 24.1 Å². The second-order valence-electron chi connectivity index (χ2n) is 4.67. The van der Waals surface area contributed by atoms with Crippen molar-refractivity contribution >= 4 is 22.1 Å². The van der Waals surface area contributed by atoms with Crippen LogP contribution in [-0.4, -0.2) is 63.2 Å². The minimum Gasteiger partial charge on any atom is -0.504 e. The van der Waals surface area contributed by atoms with Gasteiger partial charge in [0.05, 0.1) is 0 Å². The number of phenols is 2.